The number of sulfone groups is 1. The van der Waals surface area contributed by atoms with Gasteiger partial charge in [0.15, 0.2) is 5.03 Å². The van der Waals surface area contributed by atoms with Crippen LogP contribution >= 0.6 is 34.8 Å². The fraction of sp³-hybridized carbons (Fsp3) is 0.111. The summed E-state index contributed by atoms with van der Waals surface area (Å²) in [7, 11) is -3.99. The van der Waals surface area contributed by atoms with Crippen LogP contribution in [0.1, 0.15) is 6.92 Å². The molecule has 1 heterocycles. The van der Waals surface area contributed by atoms with Gasteiger partial charge < -0.3 is 0 Å². The van der Waals surface area contributed by atoms with Gasteiger partial charge in [-0.3, -0.25) is 4.90 Å². The number of benzene rings is 2. The molecule has 0 aliphatic rings. The number of halogens is 3. The van der Waals surface area contributed by atoms with Gasteiger partial charge >= 0.3 is 6.03 Å². The Labute approximate surface area is 177 Å². The fourth-order valence-electron chi connectivity index (χ4n) is 2.56. The van der Waals surface area contributed by atoms with Crippen molar-refractivity contribution in [3.8, 4) is 0 Å². The molecule has 28 heavy (non-hydrogen) atoms. The molecule has 0 fully saturated rings. The summed E-state index contributed by atoms with van der Waals surface area (Å²) in [5, 5.41) is 4.50. The first-order valence-electron chi connectivity index (χ1n) is 8.06. The van der Waals surface area contributed by atoms with Crippen molar-refractivity contribution in [1.29, 1.82) is 0 Å². The van der Waals surface area contributed by atoms with Crippen molar-refractivity contribution in [2.24, 2.45) is 0 Å². The molecule has 0 unspecified atom stereocenters. The van der Waals surface area contributed by atoms with Gasteiger partial charge in [-0.25, -0.2) is 13.2 Å². The number of rotatable bonds is 4. The van der Waals surface area contributed by atoms with Crippen LogP contribution in [-0.4, -0.2) is 30.8 Å². The first-order valence-corrected chi connectivity index (χ1v) is 10.7. The molecule has 1 aromatic heterocycles. The Morgan fingerprint density at radius 3 is 2.32 bits per heavy atom. The van der Waals surface area contributed by atoms with Crippen LogP contribution in [0.15, 0.2) is 64.6 Å². The zero-order valence-corrected chi connectivity index (χ0v) is 17.6. The smallest absolute Gasteiger partial charge is 0.293 e. The van der Waals surface area contributed by atoms with E-state index in [0.717, 1.165) is 4.68 Å². The second kappa shape index (κ2) is 8.13. The van der Waals surface area contributed by atoms with Crippen LogP contribution in [0, 0.1) is 0 Å². The van der Waals surface area contributed by atoms with Crippen LogP contribution in [0.5, 0.6) is 0 Å². The van der Waals surface area contributed by atoms with Crippen LogP contribution < -0.4 is 4.90 Å². The topological polar surface area (TPSA) is 72.3 Å². The molecule has 0 saturated heterocycles. The lowest BCUT2D eigenvalue weighted by atomic mass is 10.3. The largest absolute Gasteiger partial charge is 0.349 e. The molecular weight excluding hydrogens is 445 g/mol. The van der Waals surface area contributed by atoms with Gasteiger partial charge in [-0.2, -0.15) is 9.78 Å². The van der Waals surface area contributed by atoms with E-state index in [0.29, 0.717) is 17.3 Å². The standard InChI is InChI=1S/C18H14Cl3N3O3S/c1-2-23(15-5-3-4-12(19)9-15)18(25)24-7-6-17(22-24)28(26,27)16-10-13(20)8-14(21)11-16/h3-11H,2H2,1H3. The molecule has 0 saturated carbocycles. The molecule has 3 rings (SSSR count). The highest BCUT2D eigenvalue weighted by Crippen LogP contribution is 2.27. The van der Waals surface area contributed by atoms with E-state index in [2.05, 4.69) is 5.10 Å². The SMILES string of the molecule is CCN(C(=O)n1ccc(S(=O)(=O)c2cc(Cl)cc(Cl)c2)n1)c1cccc(Cl)c1. The maximum absolute atomic E-state index is 12.8. The van der Waals surface area contributed by atoms with Crippen molar-refractivity contribution < 1.29 is 13.2 Å². The lowest BCUT2D eigenvalue weighted by Crippen LogP contribution is -2.35. The molecule has 0 bridgehead atoms. The predicted octanol–water partition coefficient (Wildman–Crippen LogP) is 5.17. The molecule has 6 nitrogen and oxygen atoms in total. The van der Waals surface area contributed by atoms with Gasteiger partial charge in [0.2, 0.25) is 9.84 Å². The van der Waals surface area contributed by atoms with Crippen LogP contribution in [0.3, 0.4) is 0 Å². The third-order valence-corrected chi connectivity index (χ3v) is 6.15. The maximum Gasteiger partial charge on any atom is 0.349 e. The van der Waals surface area contributed by atoms with E-state index in [1.807, 2.05) is 0 Å². The highest BCUT2D eigenvalue weighted by atomic mass is 35.5. The van der Waals surface area contributed by atoms with Crippen molar-refractivity contribution >= 4 is 56.4 Å². The molecule has 0 spiro atoms. The Balaban J connectivity index is 1.95. The molecule has 0 N–H and O–H groups in total. The zero-order chi connectivity index (χ0) is 20.5. The average molecular weight is 459 g/mol. The number of hydrogen-bond acceptors (Lipinski definition) is 4. The fourth-order valence-corrected chi connectivity index (χ4v) is 4.64. The average Bonchev–Trinajstić information content (AvgIpc) is 3.12. The summed E-state index contributed by atoms with van der Waals surface area (Å²) in [4.78, 5) is 14.1. The molecule has 3 aromatic rings. The Hall–Kier alpha value is -2.06. The third-order valence-electron chi connectivity index (χ3n) is 3.85. The summed E-state index contributed by atoms with van der Waals surface area (Å²) in [6, 6.07) is 11.5. The molecular formula is C18H14Cl3N3O3S. The van der Waals surface area contributed by atoms with E-state index in [1.54, 1.807) is 31.2 Å². The van der Waals surface area contributed by atoms with Crippen molar-refractivity contribution in [2.45, 2.75) is 16.8 Å². The highest BCUT2D eigenvalue weighted by Gasteiger charge is 2.24. The number of nitrogens with zero attached hydrogens (tertiary/aromatic N) is 3. The van der Waals surface area contributed by atoms with Gasteiger partial charge in [0.1, 0.15) is 0 Å². The van der Waals surface area contributed by atoms with Crippen LogP contribution in [0.2, 0.25) is 15.1 Å². The number of carbonyl (C=O) groups is 1. The minimum absolute atomic E-state index is 0.107. The van der Waals surface area contributed by atoms with E-state index < -0.39 is 15.9 Å². The number of carbonyl (C=O) groups excluding carboxylic acids is 1. The van der Waals surface area contributed by atoms with E-state index in [4.69, 9.17) is 34.8 Å². The molecule has 0 aliphatic carbocycles. The molecule has 1 amide bonds. The van der Waals surface area contributed by atoms with Crippen molar-refractivity contribution in [2.75, 3.05) is 11.4 Å². The van der Waals surface area contributed by atoms with Gasteiger partial charge in [-0.15, -0.1) is 0 Å². The van der Waals surface area contributed by atoms with E-state index >= 15 is 0 Å². The van der Waals surface area contributed by atoms with Gasteiger partial charge in [0.25, 0.3) is 0 Å². The summed E-state index contributed by atoms with van der Waals surface area (Å²) in [5.74, 6) is 0. The molecule has 0 radical (unpaired) electrons. The third kappa shape index (κ3) is 4.17. The van der Waals surface area contributed by atoms with E-state index in [1.165, 1.54) is 35.4 Å². The minimum Gasteiger partial charge on any atom is -0.293 e. The quantitative estimate of drug-likeness (QED) is 0.540. The Bertz CT molecular complexity index is 1130. The van der Waals surface area contributed by atoms with Crippen molar-refractivity contribution in [1.82, 2.24) is 9.78 Å². The van der Waals surface area contributed by atoms with Crippen molar-refractivity contribution in [3.63, 3.8) is 0 Å². The number of anilines is 1. The molecule has 146 valence electrons. The Kier molecular flexibility index (Phi) is 6.00. The number of hydrogen-bond donors (Lipinski definition) is 0. The first kappa shape index (κ1) is 20.7. The minimum atomic E-state index is -3.99. The number of amides is 1. The lowest BCUT2D eigenvalue weighted by molar-refractivity contribution is 0.245. The van der Waals surface area contributed by atoms with Gasteiger partial charge in [0.05, 0.1) is 4.90 Å². The van der Waals surface area contributed by atoms with E-state index in [9.17, 15) is 13.2 Å². The Morgan fingerprint density at radius 2 is 1.71 bits per heavy atom. The summed E-state index contributed by atoms with van der Waals surface area (Å²) >= 11 is 17.8. The van der Waals surface area contributed by atoms with Crippen molar-refractivity contribution in [3.05, 3.63) is 69.8 Å². The monoisotopic (exact) mass is 457 g/mol. The van der Waals surface area contributed by atoms with Gasteiger partial charge in [0, 0.05) is 33.5 Å². The molecule has 0 atom stereocenters. The molecule has 2 aromatic carbocycles. The van der Waals surface area contributed by atoms with Crippen LogP contribution in [0.4, 0.5) is 10.5 Å². The second-order valence-corrected chi connectivity index (χ2v) is 8.92. The van der Waals surface area contributed by atoms with Gasteiger partial charge in [-0.1, -0.05) is 40.9 Å². The van der Waals surface area contributed by atoms with Crippen LogP contribution in [0.25, 0.3) is 0 Å². The lowest BCUT2D eigenvalue weighted by Gasteiger charge is -2.20. The zero-order valence-electron chi connectivity index (χ0n) is 14.5. The molecule has 0 aliphatic heterocycles. The van der Waals surface area contributed by atoms with E-state index in [-0.39, 0.29) is 20.0 Å². The Morgan fingerprint density at radius 1 is 1.04 bits per heavy atom. The highest BCUT2D eigenvalue weighted by molar-refractivity contribution is 7.91. The first-order chi connectivity index (χ1) is 13.2. The van der Waals surface area contributed by atoms with Gasteiger partial charge in [-0.05, 0) is 49.4 Å². The summed E-state index contributed by atoms with van der Waals surface area (Å²) < 4.78 is 26.5. The summed E-state index contributed by atoms with van der Waals surface area (Å²) in [6.45, 7) is 2.12. The summed E-state index contributed by atoms with van der Waals surface area (Å²) in [5.41, 5.74) is 0.571. The normalized spacial score (nSPS) is 11.4. The maximum atomic E-state index is 12.8. The second-order valence-electron chi connectivity index (χ2n) is 5.71. The summed E-state index contributed by atoms with van der Waals surface area (Å²) in [6.07, 6.45) is 1.29. The molecule has 10 heteroatoms. The number of aromatic nitrogens is 2. The van der Waals surface area contributed by atoms with Crippen LogP contribution in [-0.2, 0) is 9.84 Å². The predicted molar refractivity (Wildman–Crippen MR) is 109 cm³/mol.